The molecule has 0 radical (unpaired) electrons. The number of thiophene rings is 1. The number of pyridine rings is 1. The van der Waals surface area contributed by atoms with Crippen LogP contribution in [0.25, 0.3) is 10.2 Å². The van der Waals surface area contributed by atoms with Crippen LogP contribution in [0.2, 0.25) is 0 Å². The van der Waals surface area contributed by atoms with Gasteiger partial charge in [0, 0.05) is 24.2 Å². The van der Waals surface area contributed by atoms with E-state index in [0.717, 1.165) is 33.6 Å². The van der Waals surface area contributed by atoms with Crippen LogP contribution >= 0.6 is 11.3 Å². The number of carbonyl (C=O) groups excluding carboxylic acids is 1. The predicted octanol–water partition coefficient (Wildman–Crippen LogP) is 4.20. The Kier molecular flexibility index (Phi) is 8.12. The number of fused-ring (bicyclic) bond motifs is 1. The average molecular weight is 453 g/mol. The Balaban J connectivity index is 0.000000423. The number of rotatable bonds is 5. The van der Waals surface area contributed by atoms with Crippen LogP contribution in [0.1, 0.15) is 32.1 Å². The molecule has 2 heterocycles. The molecule has 1 aromatic carbocycles. The molecule has 6 nitrogen and oxygen atoms in total. The van der Waals surface area contributed by atoms with Gasteiger partial charge in [0.15, 0.2) is 0 Å². The van der Waals surface area contributed by atoms with Gasteiger partial charge in [0.25, 0.3) is 5.91 Å². The van der Waals surface area contributed by atoms with Crippen LogP contribution in [0.3, 0.4) is 0 Å². The van der Waals surface area contributed by atoms with Crippen LogP contribution in [0.5, 0.6) is 0 Å². The Morgan fingerprint density at radius 2 is 1.71 bits per heavy atom. The first-order valence-electron chi connectivity index (χ1n) is 9.19. The molecule has 0 aliphatic rings. The predicted molar refractivity (Wildman–Crippen MR) is 113 cm³/mol. The summed E-state index contributed by atoms with van der Waals surface area (Å²) < 4.78 is 31.7. The number of carboxylic acid groups (broad SMARTS) is 1. The van der Waals surface area contributed by atoms with Gasteiger partial charge in [-0.15, -0.1) is 11.3 Å². The molecule has 0 fully saturated rings. The summed E-state index contributed by atoms with van der Waals surface area (Å²) in [6.07, 6.45) is -5.08. The van der Waals surface area contributed by atoms with Gasteiger partial charge in [-0.05, 0) is 49.7 Å². The Morgan fingerprint density at radius 1 is 1.10 bits per heavy atom. The molecule has 0 aliphatic heterocycles. The van der Waals surface area contributed by atoms with Crippen molar-refractivity contribution >= 4 is 33.4 Å². The van der Waals surface area contributed by atoms with Gasteiger partial charge in [-0.2, -0.15) is 13.2 Å². The Bertz CT molecular complexity index is 1080. The summed E-state index contributed by atoms with van der Waals surface area (Å²) in [5.74, 6) is -2.80. The molecule has 3 N–H and O–H groups in total. The van der Waals surface area contributed by atoms with Crippen molar-refractivity contribution in [2.75, 3.05) is 7.05 Å². The summed E-state index contributed by atoms with van der Waals surface area (Å²) in [5, 5.41) is 14.3. The normalized spacial score (nSPS) is 11.0. The summed E-state index contributed by atoms with van der Waals surface area (Å²) in [4.78, 5) is 27.5. The van der Waals surface area contributed by atoms with Crippen molar-refractivity contribution in [1.29, 1.82) is 0 Å². The summed E-state index contributed by atoms with van der Waals surface area (Å²) in [6, 6.07) is 12.2. The van der Waals surface area contributed by atoms with Gasteiger partial charge >= 0.3 is 12.1 Å². The third-order valence-corrected chi connectivity index (χ3v) is 5.16. The van der Waals surface area contributed by atoms with Crippen LogP contribution in [-0.4, -0.2) is 35.2 Å². The van der Waals surface area contributed by atoms with E-state index in [9.17, 15) is 18.0 Å². The molecule has 0 aliphatic carbocycles. The molecular formula is C21H22F3N3O3S. The van der Waals surface area contributed by atoms with E-state index in [1.807, 2.05) is 38.2 Å². The molecule has 0 bridgehead atoms. The van der Waals surface area contributed by atoms with E-state index in [1.165, 1.54) is 16.9 Å². The average Bonchev–Trinajstić information content (AvgIpc) is 3.11. The van der Waals surface area contributed by atoms with E-state index in [-0.39, 0.29) is 5.91 Å². The molecule has 166 valence electrons. The van der Waals surface area contributed by atoms with Crippen LogP contribution in [-0.2, 0) is 17.9 Å². The van der Waals surface area contributed by atoms with E-state index in [4.69, 9.17) is 9.90 Å². The van der Waals surface area contributed by atoms with Gasteiger partial charge < -0.3 is 15.7 Å². The first kappa shape index (κ1) is 24.3. The van der Waals surface area contributed by atoms with E-state index in [0.29, 0.717) is 11.4 Å². The monoisotopic (exact) mass is 453 g/mol. The molecule has 3 aromatic rings. The lowest BCUT2D eigenvalue weighted by Gasteiger charge is -2.06. The van der Waals surface area contributed by atoms with Gasteiger partial charge in [-0.3, -0.25) is 4.79 Å². The molecule has 10 heteroatoms. The van der Waals surface area contributed by atoms with Crippen molar-refractivity contribution in [3.8, 4) is 0 Å². The summed E-state index contributed by atoms with van der Waals surface area (Å²) in [7, 11) is 1.92. The number of carboxylic acids is 1. The van der Waals surface area contributed by atoms with Gasteiger partial charge in [-0.1, -0.05) is 24.3 Å². The summed E-state index contributed by atoms with van der Waals surface area (Å²) >= 11 is 1.45. The van der Waals surface area contributed by atoms with E-state index in [2.05, 4.69) is 34.7 Å². The fourth-order valence-electron chi connectivity index (χ4n) is 2.77. The van der Waals surface area contributed by atoms with Crippen molar-refractivity contribution in [3.05, 3.63) is 63.7 Å². The van der Waals surface area contributed by atoms with Crippen molar-refractivity contribution in [2.24, 2.45) is 0 Å². The number of carbonyl (C=O) groups is 2. The van der Waals surface area contributed by atoms with Crippen LogP contribution in [0, 0.1) is 13.8 Å². The maximum Gasteiger partial charge on any atom is 0.490 e. The zero-order chi connectivity index (χ0) is 23.2. The van der Waals surface area contributed by atoms with Crippen molar-refractivity contribution in [2.45, 2.75) is 33.1 Å². The lowest BCUT2D eigenvalue weighted by Crippen LogP contribution is -2.21. The molecule has 0 unspecified atom stereocenters. The number of nitrogens with one attached hydrogen (secondary N) is 2. The number of halogens is 3. The third-order valence-electron chi connectivity index (χ3n) is 4.13. The molecule has 0 atom stereocenters. The van der Waals surface area contributed by atoms with E-state index in [1.54, 1.807) is 0 Å². The number of amides is 1. The zero-order valence-electron chi connectivity index (χ0n) is 17.1. The fraction of sp³-hybridized carbons (Fsp3) is 0.286. The number of hydrogen-bond donors (Lipinski definition) is 3. The van der Waals surface area contributed by atoms with E-state index >= 15 is 0 Å². The van der Waals surface area contributed by atoms with Gasteiger partial charge in [-0.25, -0.2) is 9.78 Å². The van der Waals surface area contributed by atoms with Crippen molar-refractivity contribution < 1.29 is 27.9 Å². The summed E-state index contributed by atoms with van der Waals surface area (Å²) in [6.45, 7) is 5.38. The number of aryl methyl sites for hydroxylation is 2. The van der Waals surface area contributed by atoms with Crippen molar-refractivity contribution in [3.63, 3.8) is 0 Å². The Morgan fingerprint density at radius 3 is 2.29 bits per heavy atom. The SMILES string of the molecule is CNCc1cccc(CNC(=O)c2cc3c(C)cc(C)nc3s2)c1.O=C(O)C(F)(F)F. The minimum absolute atomic E-state index is 0.0472. The van der Waals surface area contributed by atoms with Crippen LogP contribution < -0.4 is 10.6 Å². The van der Waals surface area contributed by atoms with Crippen LogP contribution in [0.4, 0.5) is 13.2 Å². The largest absolute Gasteiger partial charge is 0.490 e. The number of hydrogen-bond acceptors (Lipinski definition) is 5. The Hall–Kier alpha value is -2.98. The smallest absolute Gasteiger partial charge is 0.475 e. The highest BCUT2D eigenvalue weighted by molar-refractivity contribution is 7.20. The van der Waals surface area contributed by atoms with Crippen LogP contribution in [0.15, 0.2) is 36.4 Å². The highest BCUT2D eigenvalue weighted by Crippen LogP contribution is 2.27. The quantitative estimate of drug-likeness (QED) is 0.539. The number of aliphatic carboxylic acids is 1. The molecule has 1 amide bonds. The van der Waals surface area contributed by atoms with Gasteiger partial charge in [0.05, 0.1) is 4.88 Å². The minimum Gasteiger partial charge on any atom is -0.475 e. The minimum atomic E-state index is -5.08. The second-order valence-corrected chi connectivity index (χ2v) is 7.78. The third kappa shape index (κ3) is 7.04. The number of aromatic nitrogens is 1. The maximum atomic E-state index is 12.5. The second kappa shape index (κ2) is 10.4. The molecule has 31 heavy (non-hydrogen) atoms. The summed E-state index contributed by atoms with van der Waals surface area (Å²) in [5.41, 5.74) is 4.45. The lowest BCUT2D eigenvalue weighted by molar-refractivity contribution is -0.192. The number of alkyl halides is 3. The molecule has 0 spiro atoms. The first-order chi connectivity index (χ1) is 14.5. The highest BCUT2D eigenvalue weighted by atomic mass is 32.1. The maximum absolute atomic E-state index is 12.5. The molecule has 2 aromatic heterocycles. The topological polar surface area (TPSA) is 91.3 Å². The van der Waals surface area contributed by atoms with Gasteiger partial charge in [0.1, 0.15) is 4.83 Å². The zero-order valence-corrected chi connectivity index (χ0v) is 17.9. The Labute approximate surface area is 181 Å². The molecule has 3 rings (SSSR count). The molecule has 0 saturated carbocycles. The van der Waals surface area contributed by atoms with E-state index < -0.39 is 12.1 Å². The highest BCUT2D eigenvalue weighted by Gasteiger charge is 2.38. The first-order valence-corrected chi connectivity index (χ1v) is 10.0. The lowest BCUT2D eigenvalue weighted by atomic mass is 10.1. The number of benzene rings is 1. The van der Waals surface area contributed by atoms with Gasteiger partial charge in [0.2, 0.25) is 0 Å². The van der Waals surface area contributed by atoms with Crippen molar-refractivity contribution in [1.82, 2.24) is 15.6 Å². The standard InChI is InChI=1S/C19H21N3OS.C2HF3O2/c1-12-7-13(2)22-19-16(12)9-17(24-19)18(23)21-11-15-6-4-5-14(8-15)10-20-3;3-2(4,5)1(6)7/h4-9,20H,10-11H2,1-3H3,(H,21,23);(H,6,7). The molecular weight excluding hydrogens is 431 g/mol. The number of nitrogens with zero attached hydrogens (tertiary/aromatic N) is 1. The second-order valence-electron chi connectivity index (χ2n) is 6.75. The fourth-order valence-corrected chi connectivity index (χ4v) is 3.84. The molecule has 0 saturated heterocycles.